The fourth-order valence-corrected chi connectivity index (χ4v) is 2.56. The molecule has 0 fully saturated rings. The highest BCUT2D eigenvalue weighted by Gasteiger charge is 2.18. The van der Waals surface area contributed by atoms with E-state index in [0.717, 1.165) is 17.3 Å². The van der Waals surface area contributed by atoms with Gasteiger partial charge in [-0.2, -0.15) is 5.10 Å². The van der Waals surface area contributed by atoms with Crippen molar-refractivity contribution in [3.05, 3.63) is 82.4 Å². The Morgan fingerprint density at radius 2 is 1.97 bits per heavy atom. The molecule has 10 nitrogen and oxygen atoms in total. The molecule has 1 aromatic heterocycles. The Hall–Kier alpha value is -4.08. The molecule has 148 valence electrons. The molecule has 29 heavy (non-hydrogen) atoms. The molecule has 0 radical (unpaired) electrons. The van der Waals surface area contributed by atoms with Gasteiger partial charge in [0.2, 0.25) is 5.91 Å². The van der Waals surface area contributed by atoms with Crippen molar-refractivity contribution in [1.82, 2.24) is 25.4 Å². The first kappa shape index (κ1) is 19.7. The van der Waals surface area contributed by atoms with E-state index in [1.165, 1.54) is 24.5 Å². The third-order valence-corrected chi connectivity index (χ3v) is 4.15. The summed E-state index contributed by atoms with van der Waals surface area (Å²) >= 11 is 0. The fraction of sp³-hybridized carbons (Fsp3) is 0.158. The van der Waals surface area contributed by atoms with Crippen LogP contribution < -0.4 is 10.6 Å². The van der Waals surface area contributed by atoms with Gasteiger partial charge in [0.1, 0.15) is 18.7 Å². The lowest BCUT2D eigenvalue weighted by molar-refractivity contribution is -0.384. The normalized spacial score (nSPS) is 11.5. The predicted molar refractivity (Wildman–Crippen MR) is 103 cm³/mol. The summed E-state index contributed by atoms with van der Waals surface area (Å²) in [6.07, 6.45) is 3.03. The maximum atomic E-state index is 12.3. The van der Waals surface area contributed by atoms with E-state index in [4.69, 9.17) is 0 Å². The van der Waals surface area contributed by atoms with Crippen LogP contribution in [0.5, 0.6) is 0 Å². The van der Waals surface area contributed by atoms with Crippen LogP contribution in [0.15, 0.2) is 61.2 Å². The molecule has 0 saturated heterocycles. The second-order valence-electron chi connectivity index (χ2n) is 6.23. The number of aromatic nitrogens is 3. The SMILES string of the molecule is CC(NC(=O)c1cccc([N+](=O)[O-])c1)C(=O)NCc1ccc(-n2cncn2)cc1. The summed E-state index contributed by atoms with van der Waals surface area (Å²) in [5.74, 6) is -0.933. The van der Waals surface area contributed by atoms with Gasteiger partial charge in [-0.25, -0.2) is 9.67 Å². The molecule has 0 aliphatic heterocycles. The first-order valence-electron chi connectivity index (χ1n) is 8.71. The topological polar surface area (TPSA) is 132 Å². The number of benzene rings is 2. The molecule has 1 heterocycles. The van der Waals surface area contributed by atoms with Gasteiger partial charge in [0.15, 0.2) is 0 Å². The van der Waals surface area contributed by atoms with Gasteiger partial charge in [0.05, 0.1) is 10.6 Å². The summed E-state index contributed by atoms with van der Waals surface area (Å²) in [7, 11) is 0. The number of nitrogens with zero attached hydrogens (tertiary/aromatic N) is 4. The third-order valence-electron chi connectivity index (χ3n) is 4.15. The molecule has 10 heteroatoms. The van der Waals surface area contributed by atoms with Crippen LogP contribution in [0.1, 0.15) is 22.8 Å². The van der Waals surface area contributed by atoms with E-state index in [9.17, 15) is 19.7 Å². The summed E-state index contributed by atoms with van der Waals surface area (Å²) < 4.78 is 1.62. The highest BCUT2D eigenvalue weighted by molar-refractivity contribution is 5.97. The van der Waals surface area contributed by atoms with Crippen LogP contribution in [0.2, 0.25) is 0 Å². The first-order valence-corrected chi connectivity index (χ1v) is 8.71. The van der Waals surface area contributed by atoms with Crippen LogP contribution in [0.25, 0.3) is 5.69 Å². The van der Waals surface area contributed by atoms with Crippen molar-refractivity contribution in [3.8, 4) is 5.69 Å². The maximum absolute atomic E-state index is 12.3. The largest absolute Gasteiger partial charge is 0.350 e. The van der Waals surface area contributed by atoms with Crippen molar-refractivity contribution < 1.29 is 14.5 Å². The van der Waals surface area contributed by atoms with Gasteiger partial charge in [0.25, 0.3) is 11.6 Å². The zero-order chi connectivity index (χ0) is 20.8. The third kappa shape index (κ3) is 5.01. The Labute approximate surface area is 165 Å². The van der Waals surface area contributed by atoms with Crippen LogP contribution in [0.3, 0.4) is 0 Å². The minimum atomic E-state index is -0.809. The molecule has 0 spiro atoms. The van der Waals surface area contributed by atoms with Crippen molar-refractivity contribution >= 4 is 17.5 Å². The molecule has 2 aromatic carbocycles. The molecule has 0 bridgehead atoms. The van der Waals surface area contributed by atoms with Crippen LogP contribution in [0.4, 0.5) is 5.69 Å². The highest BCUT2D eigenvalue weighted by Crippen LogP contribution is 2.13. The lowest BCUT2D eigenvalue weighted by Gasteiger charge is -2.14. The van der Waals surface area contributed by atoms with E-state index in [1.54, 1.807) is 17.9 Å². The van der Waals surface area contributed by atoms with Crippen LogP contribution in [-0.4, -0.2) is 37.5 Å². The lowest BCUT2D eigenvalue weighted by Crippen LogP contribution is -2.44. The number of hydrogen-bond acceptors (Lipinski definition) is 6. The van der Waals surface area contributed by atoms with Gasteiger partial charge in [-0.15, -0.1) is 0 Å². The first-order chi connectivity index (χ1) is 13.9. The average Bonchev–Trinajstić information content (AvgIpc) is 3.27. The van der Waals surface area contributed by atoms with E-state index in [0.29, 0.717) is 0 Å². The maximum Gasteiger partial charge on any atom is 0.270 e. The number of nitro benzene ring substituents is 1. The number of hydrogen-bond donors (Lipinski definition) is 2. The van der Waals surface area contributed by atoms with E-state index in [1.807, 2.05) is 24.3 Å². The molecule has 1 unspecified atom stereocenters. The second kappa shape index (κ2) is 8.74. The Bertz CT molecular complexity index is 1020. The zero-order valence-electron chi connectivity index (χ0n) is 15.5. The van der Waals surface area contributed by atoms with Crippen LogP contribution in [-0.2, 0) is 11.3 Å². The van der Waals surface area contributed by atoms with Crippen LogP contribution in [0, 0.1) is 10.1 Å². The minimum absolute atomic E-state index is 0.113. The Balaban J connectivity index is 1.53. The molecule has 0 aliphatic rings. The average molecular weight is 394 g/mol. The summed E-state index contributed by atoms with van der Waals surface area (Å²) in [6, 6.07) is 11.9. The number of carbonyl (C=O) groups is 2. The van der Waals surface area contributed by atoms with E-state index < -0.39 is 16.9 Å². The Kier molecular flexibility index (Phi) is 5.93. The predicted octanol–water partition coefficient (Wildman–Crippen LogP) is 1.61. The molecule has 0 saturated carbocycles. The second-order valence-corrected chi connectivity index (χ2v) is 6.23. The van der Waals surface area contributed by atoms with Gasteiger partial charge < -0.3 is 10.6 Å². The molecular weight excluding hydrogens is 376 g/mol. The van der Waals surface area contributed by atoms with E-state index >= 15 is 0 Å². The fourth-order valence-electron chi connectivity index (χ4n) is 2.56. The molecule has 2 N–H and O–H groups in total. The zero-order valence-corrected chi connectivity index (χ0v) is 15.5. The smallest absolute Gasteiger partial charge is 0.270 e. The number of non-ortho nitro benzene ring substituents is 1. The molecule has 3 aromatic rings. The molecule has 2 amide bonds. The Morgan fingerprint density at radius 1 is 1.21 bits per heavy atom. The summed E-state index contributed by atoms with van der Waals surface area (Å²) in [5.41, 5.74) is 1.64. The standard InChI is InChI=1S/C19H18N6O4/c1-13(23-19(27)15-3-2-4-17(9-15)25(28)29)18(26)21-10-14-5-7-16(8-6-14)24-12-20-11-22-24/h2-9,11-13H,10H2,1H3,(H,21,26)(H,23,27). The Morgan fingerprint density at radius 3 is 2.62 bits per heavy atom. The van der Waals surface area contributed by atoms with E-state index in [-0.39, 0.29) is 23.7 Å². The number of carbonyl (C=O) groups excluding carboxylic acids is 2. The number of rotatable bonds is 7. The van der Waals surface area contributed by atoms with Crippen molar-refractivity contribution in [2.24, 2.45) is 0 Å². The molecule has 0 aliphatic carbocycles. The number of nitro groups is 1. The minimum Gasteiger partial charge on any atom is -0.350 e. The number of nitrogens with one attached hydrogen (secondary N) is 2. The van der Waals surface area contributed by atoms with Crippen molar-refractivity contribution in [2.45, 2.75) is 19.5 Å². The summed E-state index contributed by atoms with van der Waals surface area (Å²) in [6.45, 7) is 1.83. The summed E-state index contributed by atoms with van der Waals surface area (Å²) in [5, 5.41) is 20.1. The van der Waals surface area contributed by atoms with Crippen molar-refractivity contribution in [2.75, 3.05) is 0 Å². The molecule has 1 atom stereocenters. The van der Waals surface area contributed by atoms with Crippen molar-refractivity contribution in [1.29, 1.82) is 0 Å². The van der Waals surface area contributed by atoms with Gasteiger partial charge >= 0.3 is 0 Å². The summed E-state index contributed by atoms with van der Waals surface area (Å²) in [4.78, 5) is 38.6. The van der Waals surface area contributed by atoms with Gasteiger partial charge in [0, 0.05) is 24.2 Å². The quantitative estimate of drug-likeness (QED) is 0.462. The van der Waals surface area contributed by atoms with Gasteiger partial charge in [-0.1, -0.05) is 18.2 Å². The molecular formula is C19H18N6O4. The van der Waals surface area contributed by atoms with Crippen LogP contribution >= 0.6 is 0 Å². The van der Waals surface area contributed by atoms with Gasteiger partial charge in [-0.3, -0.25) is 19.7 Å². The lowest BCUT2D eigenvalue weighted by atomic mass is 10.1. The number of amides is 2. The molecule has 3 rings (SSSR count). The monoisotopic (exact) mass is 394 g/mol. The highest BCUT2D eigenvalue weighted by atomic mass is 16.6. The van der Waals surface area contributed by atoms with E-state index in [2.05, 4.69) is 20.7 Å². The van der Waals surface area contributed by atoms with Crippen molar-refractivity contribution in [3.63, 3.8) is 0 Å². The van der Waals surface area contributed by atoms with Gasteiger partial charge in [-0.05, 0) is 30.7 Å².